The zero-order chi connectivity index (χ0) is 11.9. The fourth-order valence-electron chi connectivity index (χ4n) is 2.94. The molecule has 0 amide bonds. The van der Waals surface area contributed by atoms with E-state index in [2.05, 4.69) is 33.8 Å². The Hall–Kier alpha value is -0.860. The van der Waals surface area contributed by atoms with E-state index < -0.39 is 6.29 Å². The van der Waals surface area contributed by atoms with Crippen LogP contribution in [0.2, 0.25) is 0 Å². The lowest BCUT2D eigenvalue weighted by atomic mass is 9.75. The van der Waals surface area contributed by atoms with E-state index in [9.17, 15) is 5.11 Å². The van der Waals surface area contributed by atoms with E-state index in [1.807, 2.05) is 18.2 Å². The Morgan fingerprint density at radius 3 is 2.25 bits per heavy atom. The predicted octanol–water partition coefficient (Wildman–Crippen LogP) is 3.22. The van der Waals surface area contributed by atoms with Gasteiger partial charge in [0.2, 0.25) is 0 Å². The molecule has 0 radical (unpaired) electrons. The third-order valence-electron chi connectivity index (χ3n) is 3.67. The lowest BCUT2D eigenvalue weighted by Gasteiger charge is -2.37. The molecule has 2 rings (SSSR count). The second-order valence-electron chi connectivity index (χ2n) is 5.16. The van der Waals surface area contributed by atoms with Crippen LogP contribution in [0.3, 0.4) is 0 Å². The SMILES string of the molecule is CC(C)C1(C(C)C)OC(O)c2ccccc21. The monoisotopic (exact) mass is 220 g/mol. The summed E-state index contributed by atoms with van der Waals surface area (Å²) in [7, 11) is 0. The van der Waals surface area contributed by atoms with E-state index in [0.29, 0.717) is 11.8 Å². The lowest BCUT2D eigenvalue weighted by Crippen LogP contribution is -2.37. The number of hydrogen-bond donors (Lipinski definition) is 1. The van der Waals surface area contributed by atoms with Crippen LogP contribution in [0.5, 0.6) is 0 Å². The third-order valence-corrected chi connectivity index (χ3v) is 3.67. The van der Waals surface area contributed by atoms with Gasteiger partial charge in [0.05, 0.1) is 0 Å². The molecule has 2 nitrogen and oxygen atoms in total. The molecule has 0 fully saturated rings. The van der Waals surface area contributed by atoms with Crippen molar-refractivity contribution in [1.29, 1.82) is 0 Å². The summed E-state index contributed by atoms with van der Waals surface area (Å²) < 4.78 is 5.90. The first-order valence-electron chi connectivity index (χ1n) is 5.95. The average molecular weight is 220 g/mol. The van der Waals surface area contributed by atoms with Gasteiger partial charge < -0.3 is 9.84 Å². The van der Waals surface area contributed by atoms with Gasteiger partial charge >= 0.3 is 0 Å². The molecular formula is C14H20O2. The quantitative estimate of drug-likeness (QED) is 0.829. The standard InChI is InChI=1S/C14H20O2/c1-9(2)14(10(3)4)12-8-6-5-7-11(12)13(15)16-14/h5-10,13,15H,1-4H3. The largest absolute Gasteiger partial charge is 0.364 e. The molecule has 0 aliphatic carbocycles. The van der Waals surface area contributed by atoms with Crippen molar-refractivity contribution < 1.29 is 9.84 Å². The maximum absolute atomic E-state index is 9.99. The van der Waals surface area contributed by atoms with Gasteiger partial charge in [-0.3, -0.25) is 0 Å². The number of rotatable bonds is 2. The number of ether oxygens (including phenoxy) is 1. The van der Waals surface area contributed by atoms with E-state index in [1.165, 1.54) is 0 Å². The summed E-state index contributed by atoms with van der Waals surface area (Å²) in [6.45, 7) is 8.59. The highest BCUT2D eigenvalue weighted by atomic mass is 16.6. The van der Waals surface area contributed by atoms with Gasteiger partial charge in [-0.05, 0) is 17.4 Å². The molecule has 88 valence electrons. The number of benzene rings is 1. The Morgan fingerprint density at radius 1 is 1.12 bits per heavy atom. The van der Waals surface area contributed by atoms with Crippen LogP contribution in [0.15, 0.2) is 24.3 Å². The Morgan fingerprint density at radius 2 is 1.69 bits per heavy atom. The van der Waals surface area contributed by atoms with Gasteiger partial charge in [-0.1, -0.05) is 52.0 Å². The summed E-state index contributed by atoms with van der Waals surface area (Å²) in [5.74, 6) is 0.677. The fourth-order valence-corrected chi connectivity index (χ4v) is 2.94. The smallest absolute Gasteiger partial charge is 0.182 e. The van der Waals surface area contributed by atoms with Crippen LogP contribution < -0.4 is 0 Å². The molecule has 0 saturated carbocycles. The molecule has 1 atom stereocenters. The van der Waals surface area contributed by atoms with Gasteiger partial charge in [-0.2, -0.15) is 0 Å². The number of aliphatic hydroxyl groups is 1. The van der Waals surface area contributed by atoms with E-state index in [4.69, 9.17) is 4.74 Å². The van der Waals surface area contributed by atoms with E-state index in [1.54, 1.807) is 0 Å². The molecule has 1 aliphatic rings. The highest BCUT2D eigenvalue weighted by Crippen LogP contribution is 2.50. The van der Waals surface area contributed by atoms with Gasteiger partial charge in [0.1, 0.15) is 5.60 Å². The Balaban J connectivity index is 2.60. The average Bonchev–Trinajstić information content (AvgIpc) is 2.54. The second kappa shape index (κ2) is 3.86. The van der Waals surface area contributed by atoms with Gasteiger partial charge in [0.25, 0.3) is 0 Å². The molecule has 0 aromatic heterocycles. The normalized spacial score (nSPS) is 22.8. The topological polar surface area (TPSA) is 29.5 Å². The Labute approximate surface area is 97.3 Å². The van der Waals surface area contributed by atoms with Crippen LogP contribution in [0, 0.1) is 11.8 Å². The second-order valence-corrected chi connectivity index (χ2v) is 5.16. The summed E-state index contributed by atoms with van der Waals surface area (Å²) in [6, 6.07) is 7.99. The van der Waals surface area contributed by atoms with Gasteiger partial charge in [0, 0.05) is 5.56 Å². The van der Waals surface area contributed by atoms with Crippen LogP contribution in [-0.4, -0.2) is 5.11 Å². The molecule has 1 aliphatic heterocycles. The molecule has 1 N–H and O–H groups in total. The van der Waals surface area contributed by atoms with E-state index in [-0.39, 0.29) is 5.60 Å². The highest BCUT2D eigenvalue weighted by molar-refractivity contribution is 5.38. The number of hydrogen-bond acceptors (Lipinski definition) is 2. The third kappa shape index (κ3) is 1.40. The van der Waals surface area contributed by atoms with Crippen LogP contribution in [0.1, 0.15) is 45.1 Å². The van der Waals surface area contributed by atoms with Crippen molar-refractivity contribution >= 4 is 0 Å². The molecule has 0 bridgehead atoms. The van der Waals surface area contributed by atoms with Crippen LogP contribution in [-0.2, 0) is 10.3 Å². The molecule has 0 spiro atoms. The molecule has 2 heteroatoms. The molecule has 1 unspecified atom stereocenters. The van der Waals surface area contributed by atoms with Crippen molar-refractivity contribution in [1.82, 2.24) is 0 Å². The molecule has 1 heterocycles. The zero-order valence-electron chi connectivity index (χ0n) is 10.4. The van der Waals surface area contributed by atoms with E-state index >= 15 is 0 Å². The van der Waals surface area contributed by atoms with Crippen molar-refractivity contribution in [3.8, 4) is 0 Å². The molecule has 0 saturated heterocycles. The van der Waals surface area contributed by atoms with Crippen LogP contribution in [0.4, 0.5) is 0 Å². The van der Waals surface area contributed by atoms with Crippen molar-refractivity contribution in [2.75, 3.05) is 0 Å². The molecule has 1 aromatic rings. The summed E-state index contributed by atoms with van der Waals surface area (Å²) in [4.78, 5) is 0. The first-order chi connectivity index (χ1) is 7.50. The number of aliphatic hydroxyl groups excluding tert-OH is 1. The van der Waals surface area contributed by atoms with Crippen LogP contribution >= 0.6 is 0 Å². The van der Waals surface area contributed by atoms with Crippen molar-refractivity contribution in [2.45, 2.75) is 39.6 Å². The summed E-state index contributed by atoms with van der Waals surface area (Å²) >= 11 is 0. The Kier molecular flexibility index (Phi) is 2.81. The lowest BCUT2D eigenvalue weighted by molar-refractivity contribution is -0.207. The van der Waals surface area contributed by atoms with Crippen LogP contribution in [0.25, 0.3) is 0 Å². The summed E-state index contributed by atoms with van der Waals surface area (Å²) in [5.41, 5.74) is 1.72. The Bertz CT molecular complexity index is 374. The fraction of sp³-hybridized carbons (Fsp3) is 0.571. The molecule has 1 aromatic carbocycles. The minimum absolute atomic E-state index is 0.339. The van der Waals surface area contributed by atoms with Crippen molar-refractivity contribution in [2.24, 2.45) is 11.8 Å². The summed E-state index contributed by atoms with van der Waals surface area (Å²) in [6.07, 6.45) is -0.777. The van der Waals surface area contributed by atoms with Gasteiger partial charge in [-0.15, -0.1) is 0 Å². The highest BCUT2D eigenvalue weighted by Gasteiger charge is 2.48. The number of fused-ring (bicyclic) bond motifs is 1. The van der Waals surface area contributed by atoms with E-state index in [0.717, 1.165) is 11.1 Å². The first-order valence-corrected chi connectivity index (χ1v) is 5.95. The minimum atomic E-state index is -0.777. The van der Waals surface area contributed by atoms with Crippen molar-refractivity contribution in [3.63, 3.8) is 0 Å². The van der Waals surface area contributed by atoms with Gasteiger partial charge in [-0.25, -0.2) is 0 Å². The predicted molar refractivity (Wildman–Crippen MR) is 63.8 cm³/mol. The maximum atomic E-state index is 9.99. The van der Waals surface area contributed by atoms with Gasteiger partial charge in [0.15, 0.2) is 6.29 Å². The zero-order valence-corrected chi connectivity index (χ0v) is 10.4. The molecule has 16 heavy (non-hydrogen) atoms. The molecular weight excluding hydrogens is 200 g/mol. The summed E-state index contributed by atoms with van der Waals surface area (Å²) in [5, 5.41) is 9.99. The first kappa shape index (κ1) is 11.6. The van der Waals surface area contributed by atoms with Crippen molar-refractivity contribution in [3.05, 3.63) is 35.4 Å². The maximum Gasteiger partial charge on any atom is 0.182 e. The minimum Gasteiger partial charge on any atom is -0.364 e.